The SMILES string of the molecule is C=CCOc1cc(Cl)c(Cl)cc1C(NSC(C)(C)C)C1CN(C(=O)OC(C)(C)C)C1. The van der Waals surface area contributed by atoms with Crippen LogP contribution in [0.1, 0.15) is 53.1 Å². The largest absolute Gasteiger partial charge is 0.489 e. The number of carbonyl (C=O) groups is 1. The third kappa shape index (κ3) is 7.26. The summed E-state index contributed by atoms with van der Waals surface area (Å²) in [6, 6.07) is 3.51. The molecule has 1 aliphatic rings. The predicted octanol–water partition coefficient (Wildman–Crippen LogP) is 6.50. The molecule has 5 nitrogen and oxygen atoms in total. The molecule has 1 aliphatic heterocycles. The van der Waals surface area contributed by atoms with E-state index in [0.717, 1.165) is 5.56 Å². The van der Waals surface area contributed by atoms with E-state index in [-0.39, 0.29) is 22.8 Å². The molecule has 1 unspecified atom stereocenters. The molecule has 1 aromatic rings. The highest BCUT2D eigenvalue weighted by Crippen LogP contribution is 2.41. The van der Waals surface area contributed by atoms with Crippen molar-refractivity contribution in [1.29, 1.82) is 0 Å². The van der Waals surface area contributed by atoms with Gasteiger partial charge in [-0.3, -0.25) is 4.72 Å². The maximum absolute atomic E-state index is 12.4. The van der Waals surface area contributed by atoms with E-state index in [4.69, 9.17) is 32.7 Å². The summed E-state index contributed by atoms with van der Waals surface area (Å²) < 4.78 is 15.0. The van der Waals surface area contributed by atoms with Crippen molar-refractivity contribution in [3.63, 3.8) is 0 Å². The van der Waals surface area contributed by atoms with Gasteiger partial charge in [-0.15, -0.1) is 0 Å². The summed E-state index contributed by atoms with van der Waals surface area (Å²) in [6.07, 6.45) is 1.39. The quantitative estimate of drug-likeness (QED) is 0.360. The van der Waals surface area contributed by atoms with Gasteiger partial charge in [0.15, 0.2) is 0 Å². The Morgan fingerprint density at radius 2 is 1.87 bits per heavy atom. The third-order valence-electron chi connectivity index (χ3n) is 4.27. The number of rotatable bonds is 7. The highest BCUT2D eigenvalue weighted by atomic mass is 35.5. The number of nitrogens with one attached hydrogen (secondary N) is 1. The number of likely N-dealkylation sites (tertiary alicyclic amines) is 1. The molecule has 0 bridgehead atoms. The van der Waals surface area contributed by atoms with Crippen molar-refractivity contribution in [2.45, 2.75) is 57.9 Å². The fourth-order valence-electron chi connectivity index (χ4n) is 2.91. The van der Waals surface area contributed by atoms with Gasteiger partial charge in [0.2, 0.25) is 0 Å². The lowest BCUT2D eigenvalue weighted by Gasteiger charge is -2.44. The fraction of sp³-hybridized carbons (Fsp3) is 0.591. The van der Waals surface area contributed by atoms with Crippen LogP contribution in [0.25, 0.3) is 0 Å². The number of hydrogen-bond acceptors (Lipinski definition) is 5. The Morgan fingerprint density at radius 3 is 2.40 bits per heavy atom. The Balaban J connectivity index is 2.26. The number of carbonyl (C=O) groups excluding carboxylic acids is 1. The maximum Gasteiger partial charge on any atom is 0.410 e. The van der Waals surface area contributed by atoms with E-state index in [1.807, 2.05) is 26.8 Å². The van der Waals surface area contributed by atoms with E-state index in [0.29, 0.717) is 35.5 Å². The Labute approximate surface area is 194 Å². The van der Waals surface area contributed by atoms with E-state index in [9.17, 15) is 4.79 Å². The molecular formula is C22H32Cl2N2O3S. The summed E-state index contributed by atoms with van der Waals surface area (Å²) in [5.74, 6) is 0.836. The van der Waals surface area contributed by atoms with Gasteiger partial charge < -0.3 is 14.4 Å². The van der Waals surface area contributed by atoms with Gasteiger partial charge in [-0.2, -0.15) is 0 Å². The molecule has 0 aliphatic carbocycles. The standard InChI is InChI=1S/C22H32Cl2N2O3S/c1-8-9-28-18-11-17(24)16(23)10-15(18)19(25-30-22(5,6)7)14-12-26(13-14)20(27)29-21(2,3)4/h8,10-11,14,19,25H,1,9,12-13H2,2-7H3. The lowest BCUT2D eigenvalue weighted by molar-refractivity contribution is -0.00567. The second-order valence-electron chi connectivity index (χ2n) is 9.36. The molecule has 168 valence electrons. The van der Waals surface area contributed by atoms with Crippen LogP contribution in [-0.4, -0.2) is 41.0 Å². The number of ether oxygens (including phenoxy) is 2. The van der Waals surface area contributed by atoms with Crippen LogP contribution in [0.4, 0.5) is 4.79 Å². The van der Waals surface area contributed by atoms with E-state index < -0.39 is 5.60 Å². The second kappa shape index (κ2) is 10.0. The maximum atomic E-state index is 12.4. The zero-order valence-electron chi connectivity index (χ0n) is 18.6. The Hall–Kier alpha value is -1.08. The van der Waals surface area contributed by atoms with Crippen LogP contribution in [0.5, 0.6) is 5.75 Å². The minimum absolute atomic E-state index is 0.00517. The predicted molar refractivity (Wildman–Crippen MR) is 127 cm³/mol. The van der Waals surface area contributed by atoms with Crippen LogP contribution in [-0.2, 0) is 4.74 Å². The average Bonchev–Trinajstić information content (AvgIpc) is 2.55. The third-order valence-corrected chi connectivity index (χ3v) is 5.98. The van der Waals surface area contributed by atoms with Gasteiger partial charge in [0, 0.05) is 35.4 Å². The van der Waals surface area contributed by atoms with Crippen molar-refractivity contribution < 1.29 is 14.3 Å². The summed E-state index contributed by atoms with van der Waals surface area (Å²) in [5.41, 5.74) is 0.397. The topological polar surface area (TPSA) is 50.8 Å². The number of hydrogen-bond donors (Lipinski definition) is 1. The van der Waals surface area contributed by atoms with E-state index in [1.54, 1.807) is 29.0 Å². The van der Waals surface area contributed by atoms with Gasteiger partial charge in [0.25, 0.3) is 0 Å². The zero-order chi connectivity index (χ0) is 22.7. The van der Waals surface area contributed by atoms with Gasteiger partial charge >= 0.3 is 6.09 Å². The summed E-state index contributed by atoms with van der Waals surface area (Å²) in [5, 5.41) is 0.902. The van der Waals surface area contributed by atoms with Crippen LogP contribution in [0.3, 0.4) is 0 Å². The van der Waals surface area contributed by atoms with Crippen molar-refractivity contribution in [1.82, 2.24) is 9.62 Å². The summed E-state index contributed by atoms with van der Waals surface area (Å²) in [7, 11) is 0. The minimum atomic E-state index is -0.517. The molecule has 30 heavy (non-hydrogen) atoms. The van der Waals surface area contributed by atoms with Gasteiger partial charge in [0.05, 0.1) is 16.1 Å². The molecule has 0 saturated carbocycles. The van der Waals surface area contributed by atoms with Gasteiger partial charge in [-0.1, -0.05) is 47.8 Å². The minimum Gasteiger partial charge on any atom is -0.489 e. The Kier molecular flexibility index (Phi) is 8.42. The molecule has 1 heterocycles. The van der Waals surface area contributed by atoms with Crippen molar-refractivity contribution in [2.75, 3.05) is 19.7 Å². The van der Waals surface area contributed by atoms with Gasteiger partial charge in [-0.25, -0.2) is 4.79 Å². The number of amides is 1. The summed E-state index contributed by atoms with van der Waals surface area (Å²) in [4.78, 5) is 14.1. The van der Waals surface area contributed by atoms with E-state index >= 15 is 0 Å². The Morgan fingerprint density at radius 1 is 1.27 bits per heavy atom. The molecule has 1 saturated heterocycles. The molecule has 8 heteroatoms. The van der Waals surface area contributed by atoms with Crippen molar-refractivity contribution >= 4 is 41.2 Å². The lowest BCUT2D eigenvalue weighted by atomic mass is 9.87. The second-order valence-corrected chi connectivity index (χ2v) is 11.8. The number of nitrogens with zero attached hydrogens (tertiary/aromatic N) is 1. The van der Waals surface area contributed by atoms with Crippen LogP contribution in [0.2, 0.25) is 10.0 Å². The van der Waals surface area contributed by atoms with Gasteiger partial charge in [-0.05, 0) is 47.6 Å². The van der Waals surface area contributed by atoms with Crippen LogP contribution in [0, 0.1) is 5.92 Å². The molecular weight excluding hydrogens is 443 g/mol. The molecule has 1 atom stereocenters. The first-order valence-corrected chi connectivity index (χ1v) is 11.5. The average molecular weight is 475 g/mol. The highest BCUT2D eigenvalue weighted by Gasteiger charge is 2.40. The van der Waals surface area contributed by atoms with Crippen molar-refractivity contribution in [2.24, 2.45) is 5.92 Å². The lowest BCUT2D eigenvalue weighted by Crippen LogP contribution is -2.55. The molecule has 1 amide bonds. The smallest absolute Gasteiger partial charge is 0.410 e. The monoisotopic (exact) mass is 474 g/mol. The fourth-order valence-corrected chi connectivity index (χ4v) is 4.04. The first-order chi connectivity index (χ1) is 13.8. The van der Waals surface area contributed by atoms with Crippen LogP contribution < -0.4 is 9.46 Å². The van der Waals surface area contributed by atoms with E-state index in [1.165, 1.54) is 0 Å². The van der Waals surface area contributed by atoms with Crippen molar-refractivity contribution in [3.05, 3.63) is 40.4 Å². The summed E-state index contributed by atoms with van der Waals surface area (Å²) >= 11 is 14.2. The Bertz CT molecular complexity index is 769. The molecule has 2 rings (SSSR count). The van der Waals surface area contributed by atoms with Crippen molar-refractivity contribution in [3.8, 4) is 5.75 Å². The molecule has 1 fully saturated rings. The van der Waals surface area contributed by atoms with Crippen LogP contribution in [0.15, 0.2) is 24.8 Å². The highest BCUT2D eigenvalue weighted by molar-refractivity contribution is 7.98. The molecule has 0 spiro atoms. The number of halogens is 2. The molecule has 1 aromatic carbocycles. The summed E-state index contributed by atoms with van der Waals surface area (Å²) in [6.45, 7) is 17.3. The number of benzene rings is 1. The molecule has 1 N–H and O–H groups in total. The first kappa shape index (κ1) is 25.2. The zero-order valence-corrected chi connectivity index (χ0v) is 20.9. The van der Waals surface area contributed by atoms with Gasteiger partial charge in [0.1, 0.15) is 18.0 Å². The molecule has 0 radical (unpaired) electrons. The normalized spacial score (nSPS) is 16.1. The van der Waals surface area contributed by atoms with Crippen LogP contribution >= 0.6 is 35.1 Å². The molecule has 0 aromatic heterocycles. The van der Waals surface area contributed by atoms with E-state index in [2.05, 4.69) is 32.1 Å². The first-order valence-electron chi connectivity index (χ1n) is 9.95.